The highest BCUT2D eigenvalue weighted by atomic mass is 35.5. The first-order valence-corrected chi connectivity index (χ1v) is 14.8. The summed E-state index contributed by atoms with van der Waals surface area (Å²) in [6, 6.07) is 12.6. The number of halogens is 1. The summed E-state index contributed by atoms with van der Waals surface area (Å²) in [4.78, 5) is 41.5. The van der Waals surface area contributed by atoms with Gasteiger partial charge >= 0.3 is 0 Å². The van der Waals surface area contributed by atoms with Gasteiger partial charge in [-0.3, -0.25) is 14.4 Å². The highest BCUT2D eigenvalue weighted by Crippen LogP contribution is 2.26. The van der Waals surface area contributed by atoms with Crippen molar-refractivity contribution in [2.24, 2.45) is 11.3 Å². The van der Waals surface area contributed by atoms with E-state index in [4.69, 9.17) is 0 Å². The normalized spacial score (nSPS) is 16.8. The fourth-order valence-corrected chi connectivity index (χ4v) is 5.24. The zero-order valence-electron chi connectivity index (χ0n) is 25.2. The first-order chi connectivity index (χ1) is 19.0. The van der Waals surface area contributed by atoms with Crippen molar-refractivity contribution in [3.63, 3.8) is 0 Å². The van der Waals surface area contributed by atoms with Gasteiger partial charge in [-0.1, -0.05) is 89.9 Å². The maximum atomic E-state index is 13.5. The number of nitrogens with one attached hydrogen (secondary N) is 3. The van der Waals surface area contributed by atoms with E-state index in [0.29, 0.717) is 31.8 Å². The van der Waals surface area contributed by atoms with Crippen LogP contribution in [-0.2, 0) is 20.8 Å². The monoisotopic (exact) mass is 588 g/mol. The molecule has 1 fully saturated rings. The third kappa shape index (κ3) is 9.97. The molecule has 0 radical (unpaired) electrons. The van der Waals surface area contributed by atoms with Crippen molar-refractivity contribution in [1.82, 2.24) is 20.9 Å². The van der Waals surface area contributed by atoms with Crippen molar-refractivity contribution in [1.29, 1.82) is 0 Å². The lowest BCUT2D eigenvalue weighted by Gasteiger charge is -2.31. The van der Waals surface area contributed by atoms with E-state index in [9.17, 15) is 19.5 Å². The van der Waals surface area contributed by atoms with Gasteiger partial charge in [-0.2, -0.15) is 0 Å². The van der Waals surface area contributed by atoms with E-state index in [2.05, 4.69) is 29.8 Å². The fourth-order valence-electron chi connectivity index (χ4n) is 5.24. The largest absolute Gasteiger partial charge is 0.390 e. The summed E-state index contributed by atoms with van der Waals surface area (Å²) in [5.74, 6) is -0.177. The second-order valence-corrected chi connectivity index (χ2v) is 12.1. The number of benzene rings is 2. The van der Waals surface area contributed by atoms with Crippen molar-refractivity contribution in [3.05, 3.63) is 48.0 Å². The van der Waals surface area contributed by atoms with Crippen molar-refractivity contribution in [2.75, 3.05) is 26.2 Å². The van der Waals surface area contributed by atoms with Gasteiger partial charge in [0.05, 0.1) is 6.10 Å². The van der Waals surface area contributed by atoms with Crippen LogP contribution in [0.2, 0.25) is 0 Å². The molecule has 3 amide bonds. The number of carbonyl (C=O) groups excluding carboxylic acids is 3. The second-order valence-electron chi connectivity index (χ2n) is 12.1. The minimum Gasteiger partial charge on any atom is -0.390 e. The summed E-state index contributed by atoms with van der Waals surface area (Å²) in [7, 11) is 0. The standard InChI is InChI=1S/C32H48N4O4.ClH/c1-6-22(7-2)19-33-20-26(37)21-34-29(38)27(18-23-14-15-24-11-8-9-12-25(24)17-23)35-30(39)28-13-10-16-36(28)31(40)32(3,4)5;/h8-9,11-12,14-15,17,22,26-28,33,37H,6-7,10,13,16,18-21H2,1-5H3,(H,34,38)(H,35,39);1H/t26?,27-,28+;/m1./s1. The third-order valence-electron chi connectivity index (χ3n) is 7.82. The Labute approximate surface area is 251 Å². The van der Waals surface area contributed by atoms with E-state index in [0.717, 1.165) is 42.1 Å². The molecule has 228 valence electrons. The van der Waals surface area contributed by atoms with Crippen LogP contribution in [0.15, 0.2) is 42.5 Å². The number of rotatable bonds is 13. The fraction of sp³-hybridized carbons (Fsp3) is 0.594. The van der Waals surface area contributed by atoms with Gasteiger partial charge in [-0.25, -0.2) is 0 Å². The Morgan fingerprint density at radius 1 is 1.00 bits per heavy atom. The van der Waals surface area contributed by atoms with Crippen molar-refractivity contribution < 1.29 is 19.5 Å². The van der Waals surface area contributed by atoms with Crippen LogP contribution in [0.1, 0.15) is 65.9 Å². The summed E-state index contributed by atoms with van der Waals surface area (Å²) < 4.78 is 0. The first-order valence-electron chi connectivity index (χ1n) is 14.8. The molecule has 1 saturated heterocycles. The van der Waals surface area contributed by atoms with Gasteiger partial charge < -0.3 is 26.0 Å². The number of nitrogens with zero attached hydrogens (tertiary/aromatic N) is 1. The van der Waals surface area contributed by atoms with Gasteiger partial charge in [0, 0.05) is 31.5 Å². The van der Waals surface area contributed by atoms with Gasteiger partial charge in [0.1, 0.15) is 12.1 Å². The Kier molecular flexibility index (Phi) is 13.5. The average Bonchev–Trinajstić information content (AvgIpc) is 3.42. The molecule has 4 N–H and O–H groups in total. The molecule has 3 rings (SSSR count). The predicted octanol–water partition coefficient (Wildman–Crippen LogP) is 3.83. The topological polar surface area (TPSA) is 111 Å². The van der Waals surface area contributed by atoms with Crippen LogP contribution in [-0.4, -0.2) is 72.1 Å². The van der Waals surface area contributed by atoms with Crippen LogP contribution in [0.25, 0.3) is 10.8 Å². The second kappa shape index (κ2) is 16.1. The van der Waals surface area contributed by atoms with Crippen LogP contribution in [0.3, 0.4) is 0 Å². The zero-order valence-corrected chi connectivity index (χ0v) is 26.1. The highest BCUT2D eigenvalue weighted by Gasteiger charge is 2.39. The Morgan fingerprint density at radius 2 is 1.68 bits per heavy atom. The lowest BCUT2D eigenvalue weighted by Crippen LogP contribution is -2.55. The molecule has 9 heteroatoms. The predicted molar refractivity (Wildman–Crippen MR) is 167 cm³/mol. The maximum Gasteiger partial charge on any atom is 0.243 e. The van der Waals surface area contributed by atoms with Crippen LogP contribution in [0, 0.1) is 11.3 Å². The van der Waals surface area contributed by atoms with Crippen LogP contribution >= 0.6 is 12.4 Å². The molecule has 1 aliphatic heterocycles. The zero-order chi connectivity index (χ0) is 29.3. The quantitative estimate of drug-likeness (QED) is 0.284. The average molecular weight is 589 g/mol. The number of carbonyl (C=O) groups is 3. The van der Waals surface area contributed by atoms with Gasteiger partial charge in [-0.05, 0) is 41.6 Å². The molecule has 41 heavy (non-hydrogen) atoms. The number of aliphatic hydroxyl groups is 1. The minimum atomic E-state index is -0.842. The molecule has 0 saturated carbocycles. The summed E-state index contributed by atoms with van der Waals surface area (Å²) in [5.41, 5.74) is 0.323. The Morgan fingerprint density at radius 3 is 2.34 bits per heavy atom. The van der Waals surface area contributed by atoms with Crippen molar-refractivity contribution in [2.45, 2.75) is 84.9 Å². The van der Waals surface area contributed by atoms with Gasteiger partial charge in [0.2, 0.25) is 17.7 Å². The smallest absolute Gasteiger partial charge is 0.243 e. The highest BCUT2D eigenvalue weighted by molar-refractivity contribution is 5.93. The molecule has 1 aliphatic rings. The molecular formula is C32H49ClN4O4. The third-order valence-corrected chi connectivity index (χ3v) is 7.82. The molecule has 2 aromatic carbocycles. The molecule has 1 unspecified atom stereocenters. The Hall–Kier alpha value is -2.68. The summed E-state index contributed by atoms with van der Waals surface area (Å²) in [6.45, 7) is 11.7. The van der Waals surface area contributed by atoms with E-state index < -0.39 is 23.6 Å². The number of hydrogen-bond acceptors (Lipinski definition) is 5. The molecule has 0 bridgehead atoms. The van der Waals surface area contributed by atoms with Crippen LogP contribution in [0.4, 0.5) is 0 Å². The molecule has 0 aliphatic carbocycles. The molecule has 3 atom stereocenters. The molecular weight excluding hydrogens is 540 g/mol. The number of likely N-dealkylation sites (tertiary alicyclic amines) is 1. The minimum absolute atomic E-state index is 0. The van der Waals surface area contributed by atoms with E-state index in [-0.39, 0.29) is 36.7 Å². The summed E-state index contributed by atoms with van der Waals surface area (Å²) in [5, 5.41) is 21.7. The van der Waals surface area contributed by atoms with Gasteiger partial charge in [0.15, 0.2) is 0 Å². The molecule has 1 heterocycles. The number of aliphatic hydroxyl groups excluding tert-OH is 1. The van der Waals surface area contributed by atoms with Crippen LogP contribution in [0.5, 0.6) is 0 Å². The van der Waals surface area contributed by atoms with Gasteiger partial charge in [0.25, 0.3) is 0 Å². The first kappa shape index (κ1) is 34.5. The van der Waals surface area contributed by atoms with Crippen LogP contribution < -0.4 is 16.0 Å². The molecule has 0 aromatic heterocycles. The SMILES string of the molecule is CCC(CC)CNCC(O)CNC(=O)[C@@H](Cc1ccc2ccccc2c1)NC(=O)[C@@H]1CCCN1C(=O)C(C)(C)C.Cl. The summed E-state index contributed by atoms with van der Waals surface area (Å²) >= 11 is 0. The lowest BCUT2D eigenvalue weighted by atomic mass is 9.94. The number of amides is 3. The Bertz CT molecular complexity index is 1150. The maximum absolute atomic E-state index is 13.5. The number of hydrogen-bond donors (Lipinski definition) is 4. The van der Waals surface area contributed by atoms with E-state index in [1.54, 1.807) is 4.90 Å². The molecule has 0 spiro atoms. The lowest BCUT2D eigenvalue weighted by molar-refractivity contribution is -0.145. The molecule has 2 aromatic rings. The molecule has 8 nitrogen and oxygen atoms in total. The van der Waals surface area contributed by atoms with E-state index in [1.807, 2.05) is 63.2 Å². The van der Waals surface area contributed by atoms with Crippen molar-refractivity contribution in [3.8, 4) is 0 Å². The van der Waals surface area contributed by atoms with E-state index >= 15 is 0 Å². The number of fused-ring (bicyclic) bond motifs is 1. The summed E-state index contributed by atoms with van der Waals surface area (Å²) in [6.07, 6.45) is 3.02. The van der Waals surface area contributed by atoms with E-state index in [1.165, 1.54) is 0 Å². The van der Waals surface area contributed by atoms with Gasteiger partial charge in [-0.15, -0.1) is 12.4 Å². The Balaban J connectivity index is 0.00000588. The van der Waals surface area contributed by atoms with Crippen molar-refractivity contribution >= 4 is 40.9 Å².